The van der Waals surface area contributed by atoms with E-state index >= 15 is 0 Å². The Hall–Kier alpha value is -2.30. The summed E-state index contributed by atoms with van der Waals surface area (Å²) in [5.41, 5.74) is -0.737. The van der Waals surface area contributed by atoms with E-state index in [4.69, 9.17) is 4.74 Å². The summed E-state index contributed by atoms with van der Waals surface area (Å²) in [6.45, 7) is 1.63. The zero-order valence-corrected chi connectivity index (χ0v) is 18.9. The highest BCUT2D eigenvalue weighted by atomic mass is 32.2. The molecule has 0 aliphatic carbocycles. The van der Waals surface area contributed by atoms with Crippen LogP contribution in [0, 0.1) is 11.3 Å². The Balaban J connectivity index is 1.48. The third-order valence-electron chi connectivity index (χ3n) is 6.78. The van der Waals surface area contributed by atoms with Gasteiger partial charge in [-0.1, -0.05) is 12.2 Å². The molecule has 2 saturated heterocycles. The fourth-order valence-corrected chi connectivity index (χ4v) is 6.14. The maximum atomic E-state index is 13.1. The summed E-state index contributed by atoms with van der Waals surface area (Å²) < 4.78 is 32.9. The van der Waals surface area contributed by atoms with Crippen LogP contribution in [0.4, 0.5) is 0 Å². The second-order valence-corrected chi connectivity index (χ2v) is 10.7. The van der Waals surface area contributed by atoms with Gasteiger partial charge in [-0.15, -0.1) is 0 Å². The van der Waals surface area contributed by atoms with Crippen molar-refractivity contribution in [3.05, 3.63) is 36.7 Å². The number of sulfonamides is 1. The number of pyridine rings is 1. The van der Waals surface area contributed by atoms with Gasteiger partial charge in [-0.2, -0.15) is 4.31 Å². The molecule has 2 amide bonds. The van der Waals surface area contributed by atoms with E-state index in [0.29, 0.717) is 32.5 Å². The number of amides is 2. The van der Waals surface area contributed by atoms with Crippen molar-refractivity contribution < 1.29 is 22.7 Å². The number of allylic oxidation sites excluding steroid dienone is 2. The van der Waals surface area contributed by atoms with Gasteiger partial charge in [0.25, 0.3) is 0 Å². The molecule has 32 heavy (non-hydrogen) atoms. The first-order valence-electron chi connectivity index (χ1n) is 11.1. The summed E-state index contributed by atoms with van der Waals surface area (Å²) in [6.07, 6.45) is 9.79. The van der Waals surface area contributed by atoms with Crippen molar-refractivity contribution in [2.45, 2.75) is 43.0 Å². The summed E-state index contributed by atoms with van der Waals surface area (Å²) in [7, 11) is -3.65. The van der Waals surface area contributed by atoms with E-state index in [2.05, 4.69) is 21.7 Å². The fraction of sp³-hybridized carbons (Fsp3) is 0.591. The number of hydrogen-bond donors (Lipinski definition) is 2. The number of carbonyl (C=O) groups is 2. The minimum absolute atomic E-state index is 0.0483. The number of ether oxygens (including phenoxy) is 1. The quantitative estimate of drug-likeness (QED) is 0.629. The molecule has 0 aromatic carbocycles. The van der Waals surface area contributed by atoms with Crippen LogP contribution in [-0.4, -0.2) is 68.4 Å². The highest BCUT2D eigenvalue weighted by Crippen LogP contribution is 2.38. The maximum absolute atomic E-state index is 13.1. The molecular weight excluding hydrogens is 432 g/mol. The van der Waals surface area contributed by atoms with Crippen LogP contribution in [0.15, 0.2) is 41.6 Å². The Bertz CT molecular complexity index is 958. The van der Waals surface area contributed by atoms with Crippen LogP contribution < -0.4 is 10.6 Å². The molecule has 9 nitrogen and oxygen atoms in total. The molecular formula is C22H30N4O5S. The molecule has 0 bridgehead atoms. The summed E-state index contributed by atoms with van der Waals surface area (Å²) >= 11 is 0. The molecule has 3 aliphatic heterocycles. The first-order chi connectivity index (χ1) is 15.4. The van der Waals surface area contributed by atoms with Gasteiger partial charge < -0.3 is 15.4 Å². The zero-order valence-electron chi connectivity index (χ0n) is 18.0. The normalized spacial score (nSPS) is 28.5. The van der Waals surface area contributed by atoms with Gasteiger partial charge in [0, 0.05) is 44.0 Å². The van der Waals surface area contributed by atoms with Crippen LogP contribution in [0.25, 0.3) is 0 Å². The molecule has 2 fully saturated rings. The van der Waals surface area contributed by atoms with Crippen molar-refractivity contribution in [1.82, 2.24) is 19.9 Å². The Morgan fingerprint density at radius 1 is 1.19 bits per heavy atom. The number of carbonyl (C=O) groups excluding carboxylic acids is 2. The number of piperidine rings is 1. The molecule has 1 spiro atoms. The monoisotopic (exact) mass is 462 g/mol. The molecule has 4 heterocycles. The average Bonchev–Trinajstić information content (AvgIpc) is 2.81. The van der Waals surface area contributed by atoms with Crippen LogP contribution in [0.2, 0.25) is 0 Å². The number of aromatic nitrogens is 1. The SMILES string of the molecule is O=C1CNC(=O)C2(C/C=C/C[C@H]3COCC[C@@H]3N1)CCN(S(=O)(=O)c1cccnc1)CC2. The van der Waals surface area contributed by atoms with Gasteiger partial charge >= 0.3 is 0 Å². The lowest BCUT2D eigenvalue weighted by Crippen LogP contribution is -2.53. The summed E-state index contributed by atoms with van der Waals surface area (Å²) in [4.78, 5) is 29.6. The third kappa shape index (κ3) is 4.87. The highest BCUT2D eigenvalue weighted by molar-refractivity contribution is 7.89. The van der Waals surface area contributed by atoms with E-state index in [9.17, 15) is 18.0 Å². The minimum atomic E-state index is -3.65. The first kappa shape index (κ1) is 22.9. The topological polar surface area (TPSA) is 118 Å². The van der Waals surface area contributed by atoms with Gasteiger partial charge in [0.1, 0.15) is 4.90 Å². The molecule has 2 atom stereocenters. The van der Waals surface area contributed by atoms with Crippen molar-refractivity contribution in [3.63, 3.8) is 0 Å². The van der Waals surface area contributed by atoms with E-state index in [1.165, 1.54) is 22.8 Å². The summed E-state index contributed by atoms with van der Waals surface area (Å²) in [6, 6.07) is 3.17. The van der Waals surface area contributed by atoms with Crippen LogP contribution >= 0.6 is 0 Å². The maximum Gasteiger partial charge on any atom is 0.244 e. The van der Waals surface area contributed by atoms with Crippen LogP contribution in [0.1, 0.15) is 32.1 Å². The van der Waals surface area contributed by atoms with Gasteiger partial charge in [0.15, 0.2) is 0 Å². The minimum Gasteiger partial charge on any atom is -0.381 e. The predicted octanol–water partition coefficient (Wildman–Crippen LogP) is 0.840. The number of fused-ring (bicyclic) bond motifs is 1. The molecule has 4 rings (SSSR count). The number of rotatable bonds is 2. The number of nitrogens with zero attached hydrogens (tertiary/aromatic N) is 2. The van der Waals surface area contributed by atoms with Crippen LogP contribution in [0.5, 0.6) is 0 Å². The Labute approximate surface area is 188 Å². The van der Waals surface area contributed by atoms with Crippen molar-refractivity contribution in [2.24, 2.45) is 11.3 Å². The first-order valence-corrected chi connectivity index (χ1v) is 12.6. The van der Waals surface area contributed by atoms with E-state index in [1.807, 2.05) is 6.08 Å². The van der Waals surface area contributed by atoms with Crippen LogP contribution in [-0.2, 0) is 24.3 Å². The number of hydrogen-bond acceptors (Lipinski definition) is 6. The Morgan fingerprint density at radius 3 is 2.75 bits per heavy atom. The summed E-state index contributed by atoms with van der Waals surface area (Å²) in [5.74, 6) is -0.187. The van der Waals surface area contributed by atoms with E-state index in [0.717, 1.165) is 12.8 Å². The lowest BCUT2D eigenvalue weighted by molar-refractivity contribution is -0.135. The molecule has 0 radical (unpaired) electrons. The van der Waals surface area contributed by atoms with Gasteiger partial charge in [0.2, 0.25) is 21.8 Å². The lowest BCUT2D eigenvalue weighted by Gasteiger charge is -2.40. The molecule has 0 saturated carbocycles. The Morgan fingerprint density at radius 2 is 2.00 bits per heavy atom. The molecule has 1 aromatic rings. The average molecular weight is 463 g/mol. The molecule has 1 aromatic heterocycles. The van der Waals surface area contributed by atoms with Gasteiger partial charge in [-0.3, -0.25) is 14.6 Å². The second-order valence-electron chi connectivity index (χ2n) is 8.76. The third-order valence-corrected chi connectivity index (χ3v) is 8.66. The van der Waals surface area contributed by atoms with Crippen molar-refractivity contribution in [1.29, 1.82) is 0 Å². The lowest BCUT2D eigenvalue weighted by atomic mass is 9.75. The van der Waals surface area contributed by atoms with E-state index < -0.39 is 15.4 Å². The molecule has 2 N–H and O–H groups in total. The Kier molecular flexibility index (Phi) is 6.92. The van der Waals surface area contributed by atoms with Crippen molar-refractivity contribution >= 4 is 21.8 Å². The molecule has 0 unspecified atom stereocenters. The molecule has 174 valence electrons. The van der Waals surface area contributed by atoms with Crippen LogP contribution in [0.3, 0.4) is 0 Å². The van der Waals surface area contributed by atoms with Crippen molar-refractivity contribution in [2.75, 3.05) is 32.8 Å². The van der Waals surface area contributed by atoms with E-state index in [-0.39, 0.29) is 48.3 Å². The predicted molar refractivity (Wildman–Crippen MR) is 117 cm³/mol. The zero-order chi connectivity index (χ0) is 22.6. The highest BCUT2D eigenvalue weighted by Gasteiger charge is 2.43. The van der Waals surface area contributed by atoms with Gasteiger partial charge in [-0.25, -0.2) is 8.42 Å². The van der Waals surface area contributed by atoms with Crippen molar-refractivity contribution in [3.8, 4) is 0 Å². The van der Waals surface area contributed by atoms with Gasteiger partial charge in [-0.05, 0) is 44.2 Å². The van der Waals surface area contributed by atoms with E-state index in [1.54, 1.807) is 6.07 Å². The fourth-order valence-electron chi connectivity index (χ4n) is 4.73. The second kappa shape index (κ2) is 9.68. The molecule has 10 heteroatoms. The number of nitrogens with one attached hydrogen (secondary N) is 2. The smallest absolute Gasteiger partial charge is 0.244 e. The molecule has 3 aliphatic rings. The summed E-state index contributed by atoms with van der Waals surface area (Å²) in [5, 5.41) is 5.83. The van der Waals surface area contributed by atoms with Gasteiger partial charge in [0.05, 0.1) is 18.6 Å². The standard InChI is InChI=1S/C22H30N4O5S/c27-20-15-24-21(28)22(7-2-1-4-17-16-31-13-6-19(17)25-20)8-11-26(12-9-22)32(29,30)18-5-3-10-23-14-18/h1-3,5,10,14,17,19H,4,6-9,11-13,15-16H2,(H,24,28)(H,25,27)/b2-1+/t17-,19-/m0/s1. The largest absolute Gasteiger partial charge is 0.381 e.